The molecule has 1 atom stereocenters. The van der Waals surface area contributed by atoms with Crippen LogP contribution in [0.3, 0.4) is 0 Å². The van der Waals surface area contributed by atoms with Gasteiger partial charge in [-0.15, -0.1) is 0 Å². The SMILES string of the molecule is CCOc1ccc2nc(N3C(=O)C(=O)C(=C(O)c4ccc5c(c4)OCCO5)[C@H]3c3cccc(O)c3)sc2c1. The lowest BCUT2D eigenvalue weighted by Gasteiger charge is -2.23. The topological polar surface area (TPSA) is 118 Å². The van der Waals surface area contributed by atoms with Gasteiger partial charge in [0.2, 0.25) is 0 Å². The zero-order chi connectivity index (χ0) is 26.4. The molecule has 2 aliphatic rings. The number of phenolic OH excluding ortho intramolecular Hbond substituents is 1. The van der Waals surface area contributed by atoms with Crippen LogP contribution in [-0.2, 0) is 9.59 Å². The maximum atomic E-state index is 13.5. The molecule has 1 amide bonds. The first kappa shape index (κ1) is 23.8. The Hall–Kier alpha value is -4.57. The summed E-state index contributed by atoms with van der Waals surface area (Å²) in [5, 5.41) is 21.9. The van der Waals surface area contributed by atoms with E-state index in [1.54, 1.807) is 42.5 Å². The molecule has 2 N–H and O–H groups in total. The standard InChI is InChI=1S/C28H22N2O7S/c1-2-35-18-7-8-19-22(14-18)38-28(29-19)30-24(15-4-3-5-17(31)12-15)23(26(33)27(30)34)25(32)16-6-9-20-21(13-16)37-11-10-36-20/h3-9,12-14,24,31-32H,2,10-11H2,1H3/t24-/m1/s1. The Kier molecular flexibility index (Phi) is 5.88. The van der Waals surface area contributed by atoms with E-state index in [4.69, 9.17) is 14.2 Å². The molecule has 0 unspecified atom stereocenters. The van der Waals surface area contributed by atoms with Gasteiger partial charge in [-0.05, 0) is 61.0 Å². The average molecular weight is 531 g/mol. The predicted octanol–water partition coefficient (Wildman–Crippen LogP) is 4.80. The van der Waals surface area contributed by atoms with Crippen LogP contribution in [0.2, 0.25) is 0 Å². The smallest absolute Gasteiger partial charge is 0.301 e. The molecular weight excluding hydrogens is 508 g/mol. The Bertz CT molecular complexity index is 1630. The van der Waals surface area contributed by atoms with E-state index in [-0.39, 0.29) is 22.2 Å². The molecule has 3 heterocycles. The fraction of sp³-hybridized carbons (Fsp3) is 0.179. The summed E-state index contributed by atoms with van der Waals surface area (Å²) in [6.45, 7) is 3.16. The molecule has 38 heavy (non-hydrogen) atoms. The summed E-state index contributed by atoms with van der Waals surface area (Å²) >= 11 is 1.23. The van der Waals surface area contributed by atoms with Crippen LogP contribution in [-0.4, -0.2) is 46.7 Å². The third kappa shape index (κ3) is 3.99. The number of aromatic hydroxyl groups is 1. The van der Waals surface area contributed by atoms with Gasteiger partial charge < -0.3 is 24.4 Å². The van der Waals surface area contributed by atoms with Gasteiger partial charge in [0, 0.05) is 5.56 Å². The summed E-state index contributed by atoms with van der Waals surface area (Å²) in [5.41, 5.74) is 1.25. The highest BCUT2D eigenvalue weighted by Crippen LogP contribution is 2.45. The third-order valence-corrected chi connectivity index (χ3v) is 7.33. The van der Waals surface area contributed by atoms with Gasteiger partial charge in [0.25, 0.3) is 5.78 Å². The second-order valence-corrected chi connectivity index (χ2v) is 9.69. The summed E-state index contributed by atoms with van der Waals surface area (Å²) in [6, 6.07) is 15.4. The molecule has 0 bridgehead atoms. The molecule has 1 saturated heterocycles. The number of fused-ring (bicyclic) bond motifs is 2. The summed E-state index contributed by atoms with van der Waals surface area (Å²) in [7, 11) is 0. The number of rotatable bonds is 5. The van der Waals surface area contributed by atoms with Crippen LogP contribution in [0, 0.1) is 0 Å². The van der Waals surface area contributed by atoms with Crippen molar-refractivity contribution >= 4 is 44.1 Å². The van der Waals surface area contributed by atoms with Crippen LogP contribution in [0.1, 0.15) is 24.1 Å². The first-order valence-electron chi connectivity index (χ1n) is 12.0. The van der Waals surface area contributed by atoms with Crippen molar-refractivity contribution in [2.45, 2.75) is 13.0 Å². The molecule has 0 aliphatic carbocycles. The minimum Gasteiger partial charge on any atom is -0.508 e. The monoisotopic (exact) mass is 530 g/mol. The van der Waals surface area contributed by atoms with Crippen molar-refractivity contribution in [3.8, 4) is 23.0 Å². The lowest BCUT2D eigenvalue weighted by molar-refractivity contribution is -0.132. The van der Waals surface area contributed by atoms with Crippen molar-refractivity contribution in [2.24, 2.45) is 0 Å². The molecule has 4 aromatic rings. The molecule has 3 aromatic carbocycles. The van der Waals surface area contributed by atoms with Crippen molar-refractivity contribution in [2.75, 3.05) is 24.7 Å². The minimum atomic E-state index is -1.03. The van der Waals surface area contributed by atoms with Crippen LogP contribution in [0.25, 0.3) is 16.0 Å². The number of nitrogens with zero attached hydrogens (tertiary/aromatic N) is 2. The second-order valence-electron chi connectivity index (χ2n) is 8.68. The Morgan fingerprint density at radius 2 is 1.89 bits per heavy atom. The molecule has 1 fully saturated rings. The zero-order valence-corrected chi connectivity index (χ0v) is 21.0. The molecular formula is C28H22N2O7S. The van der Waals surface area contributed by atoms with Crippen molar-refractivity contribution in [1.29, 1.82) is 0 Å². The largest absolute Gasteiger partial charge is 0.508 e. The van der Waals surface area contributed by atoms with Crippen LogP contribution >= 0.6 is 11.3 Å². The van der Waals surface area contributed by atoms with E-state index >= 15 is 0 Å². The van der Waals surface area contributed by atoms with Gasteiger partial charge in [0.1, 0.15) is 30.5 Å². The van der Waals surface area contributed by atoms with Gasteiger partial charge in [0.05, 0.1) is 28.4 Å². The Morgan fingerprint density at radius 1 is 1.08 bits per heavy atom. The Morgan fingerprint density at radius 3 is 2.68 bits per heavy atom. The molecule has 0 radical (unpaired) electrons. The molecule has 192 valence electrons. The predicted molar refractivity (Wildman–Crippen MR) is 141 cm³/mol. The number of ether oxygens (including phenoxy) is 3. The third-order valence-electron chi connectivity index (χ3n) is 6.31. The number of ketones is 1. The Labute approximate surface area is 221 Å². The van der Waals surface area contributed by atoms with Crippen molar-refractivity contribution in [3.05, 3.63) is 77.4 Å². The minimum absolute atomic E-state index is 0.0435. The van der Waals surface area contributed by atoms with Gasteiger partial charge in [-0.3, -0.25) is 14.5 Å². The summed E-state index contributed by atoms with van der Waals surface area (Å²) in [4.78, 5) is 32.8. The number of amides is 1. The van der Waals surface area contributed by atoms with Gasteiger partial charge in [-0.1, -0.05) is 23.5 Å². The highest BCUT2D eigenvalue weighted by atomic mass is 32.1. The molecule has 0 spiro atoms. The van der Waals surface area contributed by atoms with Gasteiger partial charge >= 0.3 is 5.91 Å². The molecule has 2 aliphatic heterocycles. The maximum Gasteiger partial charge on any atom is 0.301 e. The number of phenols is 1. The van der Waals surface area contributed by atoms with E-state index in [0.29, 0.717) is 53.7 Å². The first-order valence-corrected chi connectivity index (χ1v) is 12.8. The van der Waals surface area contributed by atoms with Crippen LogP contribution in [0.5, 0.6) is 23.0 Å². The summed E-state index contributed by atoms with van der Waals surface area (Å²) < 4.78 is 17.5. The summed E-state index contributed by atoms with van der Waals surface area (Å²) in [6.07, 6.45) is 0. The van der Waals surface area contributed by atoms with E-state index in [0.717, 1.165) is 4.70 Å². The lowest BCUT2D eigenvalue weighted by Crippen LogP contribution is -2.29. The number of aromatic nitrogens is 1. The van der Waals surface area contributed by atoms with Crippen LogP contribution in [0.15, 0.2) is 66.2 Å². The fourth-order valence-electron chi connectivity index (χ4n) is 4.64. The highest BCUT2D eigenvalue weighted by molar-refractivity contribution is 7.22. The van der Waals surface area contributed by atoms with E-state index < -0.39 is 17.7 Å². The lowest BCUT2D eigenvalue weighted by atomic mass is 9.95. The molecule has 0 saturated carbocycles. The Balaban J connectivity index is 1.51. The number of thiazole rings is 1. The highest BCUT2D eigenvalue weighted by Gasteiger charge is 2.48. The maximum absolute atomic E-state index is 13.5. The van der Waals surface area contributed by atoms with Gasteiger partial charge in [0.15, 0.2) is 16.6 Å². The zero-order valence-electron chi connectivity index (χ0n) is 20.2. The van der Waals surface area contributed by atoms with E-state index in [9.17, 15) is 19.8 Å². The average Bonchev–Trinajstić information content (AvgIpc) is 3.46. The van der Waals surface area contributed by atoms with Crippen molar-refractivity contribution < 1.29 is 34.0 Å². The van der Waals surface area contributed by atoms with Crippen LogP contribution in [0.4, 0.5) is 5.13 Å². The number of aliphatic hydroxyl groups is 1. The van der Waals surface area contributed by atoms with Gasteiger partial charge in [-0.25, -0.2) is 4.98 Å². The number of anilines is 1. The molecule has 6 rings (SSSR count). The van der Waals surface area contributed by atoms with Crippen LogP contribution < -0.4 is 19.1 Å². The number of carbonyl (C=O) groups is 2. The number of hydrogen-bond acceptors (Lipinski definition) is 9. The number of carbonyl (C=O) groups excluding carboxylic acids is 2. The normalized spacial score (nSPS) is 18.2. The van der Waals surface area contributed by atoms with Gasteiger partial charge in [-0.2, -0.15) is 0 Å². The van der Waals surface area contributed by atoms with E-state index in [1.807, 2.05) is 13.0 Å². The first-order chi connectivity index (χ1) is 18.4. The summed E-state index contributed by atoms with van der Waals surface area (Å²) in [5.74, 6) is -0.478. The number of hydrogen-bond donors (Lipinski definition) is 2. The second kappa shape index (κ2) is 9.38. The van der Waals surface area contributed by atoms with E-state index in [2.05, 4.69) is 4.98 Å². The molecule has 9 nitrogen and oxygen atoms in total. The fourth-order valence-corrected chi connectivity index (χ4v) is 5.66. The molecule has 1 aromatic heterocycles. The number of benzene rings is 3. The van der Waals surface area contributed by atoms with E-state index in [1.165, 1.54) is 28.4 Å². The van der Waals surface area contributed by atoms with Crippen molar-refractivity contribution in [3.63, 3.8) is 0 Å². The number of Topliss-reactive ketones (excluding diaryl/α,β-unsaturated/α-hetero) is 1. The number of aliphatic hydroxyl groups excluding tert-OH is 1. The molecule has 10 heteroatoms. The van der Waals surface area contributed by atoms with Crippen molar-refractivity contribution in [1.82, 2.24) is 4.98 Å². The quantitative estimate of drug-likeness (QED) is 0.215.